The van der Waals surface area contributed by atoms with Crippen molar-refractivity contribution >= 4 is 23.2 Å². The summed E-state index contributed by atoms with van der Waals surface area (Å²) < 4.78 is 10.5. The highest BCUT2D eigenvalue weighted by molar-refractivity contribution is 5.95. The van der Waals surface area contributed by atoms with Gasteiger partial charge in [0.15, 0.2) is 11.5 Å². The number of amides is 2. The molecule has 154 valence electrons. The number of hydrogen-bond donors (Lipinski definition) is 1. The molecule has 29 heavy (non-hydrogen) atoms. The molecule has 0 spiro atoms. The second kappa shape index (κ2) is 9.45. The second-order valence-electron chi connectivity index (χ2n) is 7.34. The summed E-state index contributed by atoms with van der Waals surface area (Å²) in [6, 6.07) is 15.0. The number of methoxy groups -OCH3 is 2. The Labute approximate surface area is 171 Å². The molecule has 2 aromatic carbocycles. The summed E-state index contributed by atoms with van der Waals surface area (Å²) >= 11 is 0. The average Bonchev–Trinajstić information content (AvgIpc) is 2.78. The van der Waals surface area contributed by atoms with Gasteiger partial charge >= 0.3 is 0 Å². The molecule has 0 radical (unpaired) electrons. The van der Waals surface area contributed by atoms with Gasteiger partial charge in [0.25, 0.3) is 0 Å². The van der Waals surface area contributed by atoms with Crippen molar-refractivity contribution in [3.63, 3.8) is 0 Å². The molecule has 1 aliphatic rings. The monoisotopic (exact) mass is 396 g/mol. The summed E-state index contributed by atoms with van der Waals surface area (Å²) in [5.74, 6) is 1.17. The van der Waals surface area contributed by atoms with E-state index in [2.05, 4.69) is 5.32 Å². The number of ether oxygens (including phenoxy) is 2. The normalized spacial score (nSPS) is 18.6. The van der Waals surface area contributed by atoms with E-state index in [4.69, 9.17) is 9.47 Å². The maximum atomic E-state index is 12.8. The van der Waals surface area contributed by atoms with Crippen LogP contribution in [0.25, 0.3) is 0 Å². The average molecular weight is 396 g/mol. The molecular weight excluding hydrogens is 368 g/mol. The van der Waals surface area contributed by atoms with Crippen LogP contribution in [-0.4, -0.2) is 33.1 Å². The van der Waals surface area contributed by atoms with Crippen molar-refractivity contribution in [3.05, 3.63) is 48.5 Å². The van der Waals surface area contributed by atoms with Crippen LogP contribution in [0.2, 0.25) is 0 Å². The summed E-state index contributed by atoms with van der Waals surface area (Å²) in [5.41, 5.74) is 1.57. The number of para-hydroxylation sites is 1. The number of benzene rings is 2. The van der Waals surface area contributed by atoms with E-state index in [1.807, 2.05) is 37.4 Å². The van der Waals surface area contributed by atoms with Crippen LogP contribution < -0.4 is 19.7 Å². The van der Waals surface area contributed by atoms with Gasteiger partial charge in [-0.25, -0.2) is 0 Å². The van der Waals surface area contributed by atoms with Crippen LogP contribution in [0, 0.1) is 11.8 Å². The van der Waals surface area contributed by atoms with Crippen LogP contribution in [0.4, 0.5) is 11.4 Å². The van der Waals surface area contributed by atoms with Gasteiger partial charge in [0, 0.05) is 36.3 Å². The van der Waals surface area contributed by atoms with Gasteiger partial charge in [-0.3, -0.25) is 9.59 Å². The zero-order valence-electron chi connectivity index (χ0n) is 17.2. The van der Waals surface area contributed by atoms with Gasteiger partial charge in [-0.1, -0.05) is 18.2 Å². The Balaban J connectivity index is 1.55. The summed E-state index contributed by atoms with van der Waals surface area (Å²) in [6.07, 6.45) is 2.86. The molecule has 0 atom stereocenters. The minimum Gasteiger partial charge on any atom is -0.493 e. The van der Waals surface area contributed by atoms with Crippen molar-refractivity contribution in [2.24, 2.45) is 11.8 Å². The topological polar surface area (TPSA) is 67.9 Å². The highest BCUT2D eigenvalue weighted by Crippen LogP contribution is 2.33. The third-order valence-electron chi connectivity index (χ3n) is 5.57. The first kappa shape index (κ1) is 20.7. The van der Waals surface area contributed by atoms with Crippen molar-refractivity contribution in [2.75, 3.05) is 31.5 Å². The van der Waals surface area contributed by atoms with Gasteiger partial charge in [0.2, 0.25) is 11.8 Å². The minimum atomic E-state index is -0.0887. The molecule has 0 bridgehead atoms. The summed E-state index contributed by atoms with van der Waals surface area (Å²) in [4.78, 5) is 27.2. The van der Waals surface area contributed by atoms with Crippen molar-refractivity contribution in [1.29, 1.82) is 0 Å². The highest BCUT2D eigenvalue weighted by atomic mass is 16.5. The van der Waals surface area contributed by atoms with Crippen molar-refractivity contribution < 1.29 is 19.1 Å². The number of rotatable bonds is 6. The number of nitrogens with zero attached hydrogens (tertiary/aromatic N) is 1. The maximum Gasteiger partial charge on any atom is 0.229 e. The smallest absolute Gasteiger partial charge is 0.229 e. The number of anilines is 2. The predicted molar refractivity (Wildman–Crippen MR) is 113 cm³/mol. The lowest BCUT2D eigenvalue weighted by Gasteiger charge is -2.30. The Morgan fingerprint density at radius 3 is 2.14 bits per heavy atom. The minimum absolute atomic E-state index is 0.0143. The largest absolute Gasteiger partial charge is 0.493 e. The molecule has 1 N–H and O–H groups in total. The van der Waals surface area contributed by atoms with Crippen LogP contribution in [0.15, 0.2) is 48.5 Å². The molecule has 0 aromatic heterocycles. The third-order valence-corrected chi connectivity index (χ3v) is 5.57. The zero-order valence-corrected chi connectivity index (χ0v) is 17.2. The molecule has 6 heteroatoms. The van der Waals surface area contributed by atoms with Gasteiger partial charge in [-0.05, 0) is 49.9 Å². The molecular formula is C23H28N2O4. The van der Waals surface area contributed by atoms with Crippen molar-refractivity contribution in [1.82, 2.24) is 0 Å². The Kier molecular flexibility index (Phi) is 6.75. The van der Waals surface area contributed by atoms with E-state index in [-0.39, 0.29) is 23.7 Å². The molecule has 6 nitrogen and oxygen atoms in total. The van der Waals surface area contributed by atoms with E-state index in [0.29, 0.717) is 30.0 Å². The lowest BCUT2D eigenvalue weighted by atomic mass is 9.81. The van der Waals surface area contributed by atoms with Gasteiger partial charge in [0.1, 0.15) is 0 Å². The Hall–Kier alpha value is -3.02. The molecule has 0 heterocycles. The first-order chi connectivity index (χ1) is 14.0. The van der Waals surface area contributed by atoms with E-state index in [9.17, 15) is 9.59 Å². The molecule has 2 amide bonds. The van der Waals surface area contributed by atoms with Crippen LogP contribution in [0.5, 0.6) is 11.5 Å². The molecule has 1 aliphatic carbocycles. The van der Waals surface area contributed by atoms with E-state index in [1.165, 1.54) is 0 Å². The van der Waals surface area contributed by atoms with E-state index in [0.717, 1.165) is 18.5 Å². The quantitative estimate of drug-likeness (QED) is 0.798. The Morgan fingerprint density at radius 2 is 1.52 bits per heavy atom. The lowest BCUT2D eigenvalue weighted by molar-refractivity contribution is -0.126. The van der Waals surface area contributed by atoms with Crippen LogP contribution in [0.3, 0.4) is 0 Å². The van der Waals surface area contributed by atoms with E-state index in [1.54, 1.807) is 37.3 Å². The van der Waals surface area contributed by atoms with Gasteiger partial charge in [-0.15, -0.1) is 0 Å². The molecule has 1 saturated carbocycles. The fraction of sp³-hybridized carbons (Fsp3) is 0.391. The Morgan fingerprint density at radius 1 is 0.897 bits per heavy atom. The fourth-order valence-electron chi connectivity index (χ4n) is 3.81. The number of nitrogens with one attached hydrogen (secondary N) is 1. The fourth-order valence-corrected chi connectivity index (χ4v) is 3.81. The van der Waals surface area contributed by atoms with Gasteiger partial charge in [-0.2, -0.15) is 0 Å². The predicted octanol–water partition coefficient (Wildman–Crippen LogP) is 4.11. The standard InChI is InChI=1S/C23H28N2O4/c1-25(19-7-5-4-6-8-19)23(27)17-11-9-16(10-12-17)22(26)24-18-13-14-20(28-2)21(15-18)29-3/h4-8,13-17H,9-12H2,1-3H3,(H,24,26). The molecule has 2 aromatic rings. The van der Waals surface area contributed by atoms with Crippen molar-refractivity contribution in [3.8, 4) is 11.5 Å². The first-order valence-electron chi connectivity index (χ1n) is 9.89. The summed E-state index contributed by atoms with van der Waals surface area (Å²) in [5, 5.41) is 2.96. The number of carbonyl (C=O) groups excluding carboxylic acids is 2. The summed E-state index contributed by atoms with van der Waals surface area (Å²) in [6.45, 7) is 0. The summed E-state index contributed by atoms with van der Waals surface area (Å²) in [7, 11) is 4.95. The van der Waals surface area contributed by atoms with E-state index >= 15 is 0 Å². The SMILES string of the molecule is COc1ccc(NC(=O)C2CCC(C(=O)N(C)c3ccccc3)CC2)cc1OC. The van der Waals surface area contributed by atoms with Crippen LogP contribution in [0.1, 0.15) is 25.7 Å². The third kappa shape index (κ3) is 4.88. The lowest BCUT2D eigenvalue weighted by Crippen LogP contribution is -2.36. The molecule has 0 aliphatic heterocycles. The molecule has 0 saturated heterocycles. The molecule has 0 unspecified atom stereocenters. The number of hydrogen-bond acceptors (Lipinski definition) is 4. The van der Waals surface area contributed by atoms with Crippen LogP contribution in [-0.2, 0) is 9.59 Å². The second-order valence-corrected chi connectivity index (χ2v) is 7.34. The van der Waals surface area contributed by atoms with Gasteiger partial charge in [0.05, 0.1) is 14.2 Å². The van der Waals surface area contributed by atoms with Gasteiger partial charge < -0.3 is 19.7 Å². The Bertz CT molecular complexity index is 845. The van der Waals surface area contributed by atoms with Crippen LogP contribution >= 0.6 is 0 Å². The molecule has 1 fully saturated rings. The maximum absolute atomic E-state index is 12.8. The number of carbonyl (C=O) groups is 2. The molecule has 3 rings (SSSR count). The highest BCUT2D eigenvalue weighted by Gasteiger charge is 2.31. The first-order valence-corrected chi connectivity index (χ1v) is 9.89. The van der Waals surface area contributed by atoms with E-state index < -0.39 is 0 Å². The zero-order chi connectivity index (χ0) is 20.8. The van der Waals surface area contributed by atoms with Crippen molar-refractivity contribution in [2.45, 2.75) is 25.7 Å².